The van der Waals surface area contributed by atoms with Gasteiger partial charge in [-0.1, -0.05) is 6.92 Å². The third kappa shape index (κ3) is 4.88. The van der Waals surface area contributed by atoms with Crippen molar-refractivity contribution in [1.29, 1.82) is 0 Å². The number of hydrogen-bond acceptors (Lipinski definition) is 4. The van der Waals surface area contributed by atoms with Crippen LogP contribution in [-0.2, 0) is 10.0 Å². The van der Waals surface area contributed by atoms with E-state index in [9.17, 15) is 13.2 Å². The Morgan fingerprint density at radius 1 is 1.37 bits per heavy atom. The van der Waals surface area contributed by atoms with Gasteiger partial charge in [-0.15, -0.1) is 0 Å². The summed E-state index contributed by atoms with van der Waals surface area (Å²) in [7, 11) is -3.24. The summed E-state index contributed by atoms with van der Waals surface area (Å²) >= 11 is 0. The molecule has 0 atom stereocenters. The fraction of sp³-hybridized carbons (Fsp3) is 0.417. The fourth-order valence-corrected chi connectivity index (χ4v) is 2.59. The number of aryl methyl sites for hydroxylation is 1. The van der Waals surface area contributed by atoms with E-state index in [0.29, 0.717) is 17.8 Å². The van der Waals surface area contributed by atoms with Gasteiger partial charge in [0.2, 0.25) is 10.0 Å². The highest BCUT2D eigenvalue weighted by Gasteiger charge is 2.09. The van der Waals surface area contributed by atoms with E-state index in [0.717, 1.165) is 0 Å². The summed E-state index contributed by atoms with van der Waals surface area (Å²) in [6, 6.07) is 4.80. The number of anilines is 1. The number of benzene rings is 1. The molecule has 6 nitrogen and oxygen atoms in total. The number of carboxylic acid groups (broad SMARTS) is 1. The normalized spacial score (nSPS) is 11.3. The first-order valence-electron chi connectivity index (χ1n) is 5.91. The average Bonchev–Trinajstić information content (AvgIpc) is 2.28. The summed E-state index contributed by atoms with van der Waals surface area (Å²) in [4.78, 5) is 10.8. The molecule has 0 saturated carbocycles. The molecule has 106 valence electrons. The van der Waals surface area contributed by atoms with E-state index in [1.807, 2.05) is 0 Å². The van der Waals surface area contributed by atoms with E-state index in [-0.39, 0.29) is 17.9 Å². The molecule has 0 bridgehead atoms. The first-order chi connectivity index (χ1) is 8.85. The lowest BCUT2D eigenvalue weighted by Gasteiger charge is -2.09. The Morgan fingerprint density at radius 3 is 2.58 bits per heavy atom. The minimum absolute atomic E-state index is 0.0272. The van der Waals surface area contributed by atoms with Crippen LogP contribution in [0.25, 0.3) is 0 Å². The number of carbonyl (C=O) groups is 1. The van der Waals surface area contributed by atoms with Gasteiger partial charge in [0.15, 0.2) is 0 Å². The SMILES string of the molecule is CCNS(=O)(=O)CCNc1ccc(C(=O)O)c(C)c1. The molecule has 3 N–H and O–H groups in total. The molecule has 0 unspecified atom stereocenters. The highest BCUT2D eigenvalue weighted by atomic mass is 32.2. The number of aromatic carboxylic acids is 1. The van der Waals surface area contributed by atoms with Gasteiger partial charge in [-0.25, -0.2) is 17.9 Å². The predicted molar refractivity (Wildman–Crippen MR) is 74.1 cm³/mol. The molecule has 1 aromatic rings. The van der Waals surface area contributed by atoms with Gasteiger partial charge in [0.1, 0.15) is 0 Å². The largest absolute Gasteiger partial charge is 0.478 e. The van der Waals surface area contributed by atoms with Crippen LogP contribution in [0.2, 0.25) is 0 Å². The summed E-state index contributed by atoms with van der Waals surface area (Å²) in [5.41, 5.74) is 1.58. The van der Waals surface area contributed by atoms with Crippen LogP contribution in [0.3, 0.4) is 0 Å². The molecular weight excluding hydrogens is 268 g/mol. The van der Waals surface area contributed by atoms with Gasteiger partial charge < -0.3 is 10.4 Å². The van der Waals surface area contributed by atoms with Crippen molar-refractivity contribution in [3.63, 3.8) is 0 Å². The summed E-state index contributed by atoms with van der Waals surface area (Å²) in [5, 5.41) is 11.8. The van der Waals surface area contributed by atoms with Crippen molar-refractivity contribution in [2.24, 2.45) is 0 Å². The maximum atomic E-state index is 11.4. The van der Waals surface area contributed by atoms with Gasteiger partial charge in [-0.2, -0.15) is 0 Å². The second kappa shape index (κ2) is 6.53. The molecule has 0 heterocycles. The van der Waals surface area contributed by atoms with Crippen molar-refractivity contribution >= 4 is 21.7 Å². The van der Waals surface area contributed by atoms with Crippen molar-refractivity contribution in [2.75, 3.05) is 24.2 Å². The third-order valence-electron chi connectivity index (χ3n) is 2.52. The van der Waals surface area contributed by atoms with Crippen LogP contribution in [0.1, 0.15) is 22.8 Å². The Balaban J connectivity index is 2.60. The predicted octanol–water partition coefficient (Wildman–Crippen LogP) is 1.04. The van der Waals surface area contributed by atoms with Gasteiger partial charge in [0.25, 0.3) is 0 Å². The molecule has 19 heavy (non-hydrogen) atoms. The van der Waals surface area contributed by atoms with Gasteiger partial charge in [-0.05, 0) is 30.7 Å². The summed E-state index contributed by atoms with van der Waals surface area (Å²) in [6.07, 6.45) is 0. The van der Waals surface area contributed by atoms with E-state index in [1.165, 1.54) is 6.07 Å². The Labute approximate surface area is 112 Å². The molecule has 0 radical (unpaired) electrons. The average molecular weight is 286 g/mol. The van der Waals surface area contributed by atoms with Crippen LogP contribution in [0.5, 0.6) is 0 Å². The number of rotatable bonds is 7. The van der Waals surface area contributed by atoms with E-state index in [1.54, 1.807) is 26.0 Å². The molecule has 0 amide bonds. The molecular formula is C12H18N2O4S. The molecule has 0 aliphatic heterocycles. The molecule has 0 saturated heterocycles. The van der Waals surface area contributed by atoms with Crippen LogP contribution >= 0.6 is 0 Å². The zero-order chi connectivity index (χ0) is 14.5. The van der Waals surface area contributed by atoms with E-state index in [2.05, 4.69) is 10.0 Å². The quantitative estimate of drug-likeness (QED) is 0.696. The number of carboxylic acids is 1. The van der Waals surface area contributed by atoms with Crippen molar-refractivity contribution in [3.8, 4) is 0 Å². The molecule has 0 aliphatic carbocycles. The maximum absolute atomic E-state index is 11.4. The van der Waals surface area contributed by atoms with E-state index in [4.69, 9.17) is 5.11 Å². The molecule has 0 fully saturated rings. The Kier molecular flexibility index (Phi) is 5.31. The highest BCUT2D eigenvalue weighted by Crippen LogP contribution is 2.14. The van der Waals surface area contributed by atoms with Gasteiger partial charge in [-0.3, -0.25) is 0 Å². The molecule has 1 aromatic carbocycles. The van der Waals surface area contributed by atoms with Crippen LogP contribution in [0.4, 0.5) is 5.69 Å². The third-order valence-corrected chi connectivity index (χ3v) is 3.99. The summed E-state index contributed by atoms with van der Waals surface area (Å²) < 4.78 is 25.2. The van der Waals surface area contributed by atoms with Crippen molar-refractivity contribution < 1.29 is 18.3 Å². The summed E-state index contributed by atoms with van der Waals surface area (Å²) in [6.45, 7) is 4.05. The zero-order valence-corrected chi connectivity index (χ0v) is 11.8. The summed E-state index contributed by atoms with van der Waals surface area (Å²) in [5.74, 6) is -1.00. The van der Waals surface area contributed by atoms with Crippen molar-refractivity contribution in [1.82, 2.24) is 4.72 Å². The molecule has 7 heteroatoms. The van der Waals surface area contributed by atoms with Crippen molar-refractivity contribution in [2.45, 2.75) is 13.8 Å². The van der Waals surface area contributed by atoms with Crippen LogP contribution in [0.15, 0.2) is 18.2 Å². The minimum Gasteiger partial charge on any atom is -0.478 e. The van der Waals surface area contributed by atoms with E-state index < -0.39 is 16.0 Å². The first kappa shape index (κ1) is 15.5. The first-order valence-corrected chi connectivity index (χ1v) is 7.56. The lowest BCUT2D eigenvalue weighted by molar-refractivity contribution is 0.0696. The Hall–Kier alpha value is -1.60. The topological polar surface area (TPSA) is 95.5 Å². The zero-order valence-electron chi connectivity index (χ0n) is 10.9. The highest BCUT2D eigenvalue weighted by molar-refractivity contribution is 7.89. The Bertz CT molecular complexity index is 555. The Morgan fingerprint density at radius 2 is 2.05 bits per heavy atom. The second-order valence-corrected chi connectivity index (χ2v) is 6.00. The van der Waals surface area contributed by atoms with Crippen LogP contribution in [0, 0.1) is 6.92 Å². The van der Waals surface area contributed by atoms with Crippen molar-refractivity contribution in [3.05, 3.63) is 29.3 Å². The van der Waals surface area contributed by atoms with Gasteiger partial charge in [0.05, 0.1) is 11.3 Å². The van der Waals surface area contributed by atoms with Gasteiger partial charge in [0, 0.05) is 18.8 Å². The van der Waals surface area contributed by atoms with Gasteiger partial charge >= 0.3 is 5.97 Å². The number of nitrogens with one attached hydrogen (secondary N) is 2. The second-order valence-electron chi connectivity index (χ2n) is 4.08. The number of hydrogen-bond donors (Lipinski definition) is 3. The molecule has 0 spiro atoms. The lowest BCUT2D eigenvalue weighted by atomic mass is 10.1. The smallest absolute Gasteiger partial charge is 0.335 e. The fourth-order valence-electron chi connectivity index (χ4n) is 1.64. The standard InChI is InChI=1S/C12H18N2O4S/c1-3-14-19(17,18)7-6-13-10-4-5-11(12(15)16)9(2)8-10/h4-5,8,13-14H,3,6-7H2,1-2H3,(H,15,16). The molecule has 0 aromatic heterocycles. The minimum atomic E-state index is -3.24. The number of sulfonamides is 1. The maximum Gasteiger partial charge on any atom is 0.335 e. The molecule has 1 rings (SSSR count). The molecule has 0 aliphatic rings. The van der Waals surface area contributed by atoms with Crippen LogP contribution < -0.4 is 10.0 Å². The van der Waals surface area contributed by atoms with Crippen LogP contribution in [-0.4, -0.2) is 38.3 Å². The van der Waals surface area contributed by atoms with E-state index >= 15 is 0 Å². The monoisotopic (exact) mass is 286 g/mol. The lowest BCUT2D eigenvalue weighted by Crippen LogP contribution is -2.29.